The number of carbonyl (C=O) groups is 2. The second-order valence-electron chi connectivity index (χ2n) is 6.23. The highest BCUT2D eigenvalue weighted by atomic mass is 32.1. The highest BCUT2D eigenvalue weighted by Gasteiger charge is 2.32. The van der Waals surface area contributed by atoms with Crippen LogP contribution in [0.1, 0.15) is 37.0 Å². The first-order valence-corrected chi connectivity index (χ1v) is 8.32. The van der Waals surface area contributed by atoms with E-state index in [-0.39, 0.29) is 17.6 Å². The Bertz CT molecular complexity index is 803. The Kier molecular flexibility index (Phi) is 5.21. The number of hydrogen-bond donors (Lipinski definition) is 4. The summed E-state index contributed by atoms with van der Waals surface area (Å²) in [6, 6.07) is 1.51. The summed E-state index contributed by atoms with van der Waals surface area (Å²) in [6.45, 7) is 7.14. The van der Waals surface area contributed by atoms with Crippen molar-refractivity contribution in [3.05, 3.63) is 23.7 Å². The fraction of sp³-hybridized carbons (Fsp3) is 0.400. The average Bonchev–Trinajstić information content (AvgIpc) is 2.92. The molecule has 0 aliphatic heterocycles. The molecule has 0 bridgehead atoms. The smallest absolute Gasteiger partial charge is 0.271 e. The molecule has 134 valence electrons. The SMILES string of the molecule is Cc1cc(Nc2nc(NC(C)C(C)(C)C(N)=O)cnc2C(N)=O)sn1. The molecule has 0 saturated heterocycles. The highest BCUT2D eigenvalue weighted by Crippen LogP contribution is 2.26. The quantitative estimate of drug-likeness (QED) is 0.580. The average molecular weight is 363 g/mol. The number of nitrogens with one attached hydrogen (secondary N) is 2. The molecule has 9 nitrogen and oxygen atoms in total. The van der Waals surface area contributed by atoms with Crippen LogP contribution in [0.25, 0.3) is 0 Å². The van der Waals surface area contributed by atoms with Crippen LogP contribution in [-0.2, 0) is 4.79 Å². The summed E-state index contributed by atoms with van der Waals surface area (Å²) in [5, 5.41) is 6.79. The zero-order valence-electron chi connectivity index (χ0n) is 14.5. The van der Waals surface area contributed by atoms with Crippen molar-refractivity contribution in [3.8, 4) is 0 Å². The summed E-state index contributed by atoms with van der Waals surface area (Å²) < 4.78 is 4.16. The zero-order valence-corrected chi connectivity index (χ0v) is 15.3. The summed E-state index contributed by atoms with van der Waals surface area (Å²) >= 11 is 1.23. The topological polar surface area (TPSA) is 149 Å². The van der Waals surface area contributed by atoms with Gasteiger partial charge in [0, 0.05) is 6.04 Å². The predicted molar refractivity (Wildman–Crippen MR) is 96.7 cm³/mol. The second-order valence-corrected chi connectivity index (χ2v) is 7.03. The van der Waals surface area contributed by atoms with E-state index in [9.17, 15) is 9.59 Å². The summed E-state index contributed by atoms with van der Waals surface area (Å²) in [5.41, 5.74) is 10.8. The molecule has 2 aromatic rings. The number of nitrogens with zero attached hydrogens (tertiary/aromatic N) is 3. The van der Waals surface area contributed by atoms with Crippen molar-refractivity contribution >= 4 is 40.0 Å². The van der Waals surface area contributed by atoms with Crippen LogP contribution in [0.15, 0.2) is 12.3 Å². The molecule has 2 rings (SSSR count). The van der Waals surface area contributed by atoms with Crippen LogP contribution in [-0.4, -0.2) is 32.2 Å². The number of anilines is 3. The summed E-state index contributed by atoms with van der Waals surface area (Å²) in [5.74, 6) is -0.540. The van der Waals surface area contributed by atoms with Crippen LogP contribution in [0.3, 0.4) is 0 Å². The number of aryl methyl sites for hydroxylation is 1. The van der Waals surface area contributed by atoms with Crippen molar-refractivity contribution < 1.29 is 9.59 Å². The highest BCUT2D eigenvalue weighted by molar-refractivity contribution is 7.10. The fourth-order valence-electron chi connectivity index (χ4n) is 1.88. The minimum Gasteiger partial charge on any atom is -0.369 e. The van der Waals surface area contributed by atoms with Gasteiger partial charge in [-0.3, -0.25) is 9.59 Å². The monoisotopic (exact) mass is 363 g/mol. The molecule has 0 radical (unpaired) electrons. The van der Waals surface area contributed by atoms with Crippen LogP contribution in [0.4, 0.5) is 16.6 Å². The van der Waals surface area contributed by atoms with Crippen LogP contribution in [0.5, 0.6) is 0 Å². The molecule has 25 heavy (non-hydrogen) atoms. The summed E-state index contributed by atoms with van der Waals surface area (Å²) in [7, 11) is 0. The maximum Gasteiger partial charge on any atom is 0.271 e. The molecule has 0 fully saturated rings. The van der Waals surface area contributed by atoms with Crippen LogP contribution >= 0.6 is 11.5 Å². The molecule has 0 spiro atoms. The Hall–Kier alpha value is -2.75. The predicted octanol–water partition coefficient (Wildman–Crippen LogP) is 1.40. The van der Waals surface area contributed by atoms with Crippen molar-refractivity contribution in [3.63, 3.8) is 0 Å². The first-order valence-electron chi connectivity index (χ1n) is 7.55. The molecule has 0 saturated carbocycles. The van der Waals surface area contributed by atoms with E-state index in [1.807, 2.05) is 19.9 Å². The first kappa shape index (κ1) is 18.6. The number of amides is 2. The van der Waals surface area contributed by atoms with Gasteiger partial charge in [-0.2, -0.15) is 4.37 Å². The van der Waals surface area contributed by atoms with Crippen molar-refractivity contribution in [2.24, 2.45) is 16.9 Å². The van der Waals surface area contributed by atoms with Gasteiger partial charge < -0.3 is 22.1 Å². The Labute approximate surface area is 149 Å². The number of rotatable bonds is 7. The van der Waals surface area contributed by atoms with Crippen molar-refractivity contribution in [2.75, 3.05) is 10.6 Å². The molecule has 1 unspecified atom stereocenters. The summed E-state index contributed by atoms with van der Waals surface area (Å²) in [4.78, 5) is 31.6. The minimum atomic E-state index is -0.799. The van der Waals surface area contributed by atoms with Gasteiger partial charge in [0.25, 0.3) is 5.91 Å². The number of primary amides is 2. The van der Waals surface area contributed by atoms with Gasteiger partial charge in [-0.15, -0.1) is 0 Å². The molecule has 2 heterocycles. The van der Waals surface area contributed by atoms with E-state index in [1.54, 1.807) is 13.8 Å². The maximum atomic E-state index is 11.6. The van der Waals surface area contributed by atoms with E-state index < -0.39 is 17.2 Å². The van der Waals surface area contributed by atoms with Gasteiger partial charge in [-0.25, -0.2) is 9.97 Å². The Morgan fingerprint density at radius 1 is 1.32 bits per heavy atom. The fourth-order valence-corrected chi connectivity index (χ4v) is 2.54. The van der Waals surface area contributed by atoms with Crippen molar-refractivity contribution in [2.45, 2.75) is 33.7 Å². The van der Waals surface area contributed by atoms with Gasteiger partial charge in [0.15, 0.2) is 11.5 Å². The molecular weight excluding hydrogens is 342 g/mol. The van der Waals surface area contributed by atoms with E-state index in [4.69, 9.17) is 11.5 Å². The lowest BCUT2D eigenvalue weighted by molar-refractivity contribution is -0.126. The van der Waals surface area contributed by atoms with E-state index in [0.717, 1.165) is 5.69 Å². The van der Waals surface area contributed by atoms with Crippen LogP contribution in [0.2, 0.25) is 0 Å². The van der Waals surface area contributed by atoms with Gasteiger partial charge in [0.05, 0.1) is 17.3 Å². The normalized spacial score (nSPS) is 12.5. The molecule has 0 aromatic carbocycles. The molecule has 0 aliphatic carbocycles. The Balaban J connectivity index is 2.30. The lowest BCUT2D eigenvalue weighted by atomic mass is 9.85. The third kappa shape index (κ3) is 4.21. The molecule has 6 N–H and O–H groups in total. The molecule has 2 aromatic heterocycles. The van der Waals surface area contributed by atoms with Gasteiger partial charge in [0.1, 0.15) is 10.8 Å². The third-order valence-electron chi connectivity index (χ3n) is 3.96. The van der Waals surface area contributed by atoms with Gasteiger partial charge in [-0.05, 0) is 45.3 Å². The lowest BCUT2D eigenvalue weighted by Crippen LogP contribution is -2.44. The molecular formula is C15H21N7O2S. The second kappa shape index (κ2) is 7.01. The van der Waals surface area contributed by atoms with E-state index in [0.29, 0.717) is 10.8 Å². The van der Waals surface area contributed by atoms with Gasteiger partial charge >= 0.3 is 0 Å². The third-order valence-corrected chi connectivity index (χ3v) is 4.75. The largest absolute Gasteiger partial charge is 0.369 e. The van der Waals surface area contributed by atoms with Crippen molar-refractivity contribution in [1.82, 2.24) is 14.3 Å². The van der Waals surface area contributed by atoms with Gasteiger partial charge in [0.2, 0.25) is 5.91 Å². The lowest BCUT2D eigenvalue weighted by Gasteiger charge is -2.29. The standard InChI is InChI=1S/C15H21N7O2S/c1-7-5-10(25-22-7)21-13-11(12(16)23)18-6-9(20-13)19-8(2)15(3,4)14(17)24/h5-6,8H,1-4H3,(H2,16,23)(H2,17,24)(H2,19,20,21). The maximum absolute atomic E-state index is 11.6. The van der Waals surface area contributed by atoms with E-state index >= 15 is 0 Å². The van der Waals surface area contributed by atoms with Crippen LogP contribution in [0, 0.1) is 12.3 Å². The molecule has 0 aliphatic rings. The first-order chi connectivity index (χ1) is 11.6. The summed E-state index contributed by atoms with van der Waals surface area (Å²) in [6.07, 6.45) is 1.39. The number of carbonyl (C=O) groups excluding carboxylic acids is 2. The van der Waals surface area contributed by atoms with Crippen molar-refractivity contribution in [1.29, 1.82) is 0 Å². The molecule has 2 amide bonds. The van der Waals surface area contributed by atoms with Crippen LogP contribution < -0.4 is 22.1 Å². The van der Waals surface area contributed by atoms with Gasteiger partial charge in [-0.1, -0.05) is 0 Å². The zero-order chi connectivity index (χ0) is 18.8. The van der Waals surface area contributed by atoms with E-state index in [1.165, 1.54) is 17.7 Å². The minimum absolute atomic E-state index is 0.0124. The van der Waals surface area contributed by atoms with E-state index in [2.05, 4.69) is 25.0 Å². The molecule has 10 heteroatoms. The number of aromatic nitrogens is 3. The number of nitrogens with two attached hydrogens (primary N) is 2. The number of hydrogen-bond acceptors (Lipinski definition) is 8. The molecule has 1 atom stereocenters. The Morgan fingerprint density at radius 3 is 2.52 bits per heavy atom. The Morgan fingerprint density at radius 2 is 2.00 bits per heavy atom.